The standard InChI is InChI=1S/C24H26N2O5/c1-30-20-5-6-21-18(15-31-22(21)13-20)12-23(28)25-19-4-2-3-17(11-19)24(29)26-9-7-16(14-27)8-10-26/h2-6,11,13,15-16,27H,7-10,12,14H2,1H3,(H,25,28). The average Bonchev–Trinajstić information content (AvgIpc) is 3.20. The Morgan fingerprint density at radius 3 is 2.74 bits per heavy atom. The number of hydrogen-bond acceptors (Lipinski definition) is 5. The summed E-state index contributed by atoms with van der Waals surface area (Å²) in [5.74, 6) is 0.726. The number of nitrogens with zero attached hydrogens (tertiary/aromatic N) is 1. The average molecular weight is 422 g/mol. The van der Waals surface area contributed by atoms with Crippen LogP contribution in [-0.2, 0) is 11.2 Å². The smallest absolute Gasteiger partial charge is 0.253 e. The quantitative estimate of drug-likeness (QED) is 0.635. The molecule has 31 heavy (non-hydrogen) atoms. The molecular weight excluding hydrogens is 396 g/mol. The van der Waals surface area contributed by atoms with E-state index in [-0.39, 0.29) is 30.8 Å². The van der Waals surface area contributed by atoms with Gasteiger partial charge >= 0.3 is 0 Å². The summed E-state index contributed by atoms with van der Waals surface area (Å²) in [6, 6.07) is 12.5. The number of fused-ring (bicyclic) bond motifs is 1. The van der Waals surface area contributed by atoms with E-state index in [1.165, 1.54) is 0 Å². The first-order valence-electron chi connectivity index (χ1n) is 10.4. The molecule has 1 saturated heterocycles. The molecule has 162 valence electrons. The molecule has 0 atom stereocenters. The highest BCUT2D eigenvalue weighted by Crippen LogP contribution is 2.26. The van der Waals surface area contributed by atoms with Crippen molar-refractivity contribution in [1.29, 1.82) is 0 Å². The Kier molecular flexibility index (Phi) is 6.23. The summed E-state index contributed by atoms with van der Waals surface area (Å²) in [6.07, 6.45) is 3.36. The van der Waals surface area contributed by atoms with Gasteiger partial charge in [-0.15, -0.1) is 0 Å². The van der Waals surface area contributed by atoms with Crippen LogP contribution in [0.4, 0.5) is 5.69 Å². The summed E-state index contributed by atoms with van der Waals surface area (Å²) in [4.78, 5) is 27.2. The summed E-state index contributed by atoms with van der Waals surface area (Å²) < 4.78 is 10.7. The van der Waals surface area contributed by atoms with Crippen molar-refractivity contribution >= 4 is 28.5 Å². The van der Waals surface area contributed by atoms with Gasteiger partial charge in [0.25, 0.3) is 5.91 Å². The molecule has 0 aliphatic carbocycles. The van der Waals surface area contributed by atoms with Gasteiger partial charge in [-0.1, -0.05) is 6.07 Å². The first-order chi connectivity index (χ1) is 15.1. The fourth-order valence-corrected chi connectivity index (χ4v) is 3.94. The van der Waals surface area contributed by atoms with Crippen LogP contribution in [0.1, 0.15) is 28.8 Å². The molecule has 1 aliphatic rings. The largest absolute Gasteiger partial charge is 0.497 e. The Labute approximate surface area is 180 Å². The Balaban J connectivity index is 1.41. The number of aliphatic hydroxyl groups is 1. The van der Waals surface area contributed by atoms with Gasteiger partial charge in [-0.05, 0) is 49.1 Å². The minimum Gasteiger partial charge on any atom is -0.497 e. The van der Waals surface area contributed by atoms with Crippen molar-refractivity contribution in [2.45, 2.75) is 19.3 Å². The number of piperidine rings is 1. The van der Waals surface area contributed by atoms with Gasteiger partial charge in [0.15, 0.2) is 0 Å². The van der Waals surface area contributed by atoms with Gasteiger partial charge in [-0.3, -0.25) is 9.59 Å². The Hall–Kier alpha value is -3.32. The van der Waals surface area contributed by atoms with Crippen LogP contribution in [0.5, 0.6) is 5.75 Å². The molecule has 2 amide bonds. The SMILES string of the molecule is COc1ccc2c(CC(=O)Nc3cccc(C(=O)N4CCC(CO)CC4)c3)coc2c1. The highest BCUT2D eigenvalue weighted by Gasteiger charge is 2.23. The van der Waals surface area contributed by atoms with Gasteiger partial charge in [0, 0.05) is 48.0 Å². The summed E-state index contributed by atoms with van der Waals surface area (Å²) in [5, 5.41) is 13.0. The number of furan rings is 1. The first-order valence-corrected chi connectivity index (χ1v) is 10.4. The highest BCUT2D eigenvalue weighted by atomic mass is 16.5. The number of hydrogen-bond donors (Lipinski definition) is 2. The number of anilines is 1. The van der Waals surface area contributed by atoms with Crippen LogP contribution in [0.2, 0.25) is 0 Å². The van der Waals surface area contributed by atoms with Gasteiger partial charge in [-0.25, -0.2) is 0 Å². The fourth-order valence-electron chi connectivity index (χ4n) is 3.94. The normalized spacial score (nSPS) is 14.6. The van der Waals surface area contributed by atoms with E-state index in [1.54, 1.807) is 48.6 Å². The zero-order valence-corrected chi connectivity index (χ0v) is 17.5. The highest BCUT2D eigenvalue weighted by molar-refractivity contribution is 5.98. The van der Waals surface area contributed by atoms with E-state index in [2.05, 4.69) is 5.32 Å². The van der Waals surface area contributed by atoms with Gasteiger partial charge in [-0.2, -0.15) is 0 Å². The predicted molar refractivity (Wildman–Crippen MR) is 117 cm³/mol. The van der Waals surface area contributed by atoms with E-state index >= 15 is 0 Å². The van der Waals surface area contributed by atoms with Crippen LogP contribution in [0.25, 0.3) is 11.0 Å². The molecule has 0 bridgehead atoms. The third-order valence-electron chi connectivity index (χ3n) is 5.77. The van der Waals surface area contributed by atoms with Crippen molar-refractivity contribution in [3.63, 3.8) is 0 Å². The van der Waals surface area contributed by atoms with Crippen LogP contribution in [0.3, 0.4) is 0 Å². The molecule has 1 fully saturated rings. The van der Waals surface area contributed by atoms with Crippen LogP contribution >= 0.6 is 0 Å². The van der Waals surface area contributed by atoms with E-state index in [9.17, 15) is 14.7 Å². The zero-order valence-electron chi connectivity index (χ0n) is 17.5. The van der Waals surface area contributed by atoms with Gasteiger partial charge in [0.05, 0.1) is 19.8 Å². The van der Waals surface area contributed by atoms with Gasteiger partial charge < -0.3 is 24.5 Å². The maximum absolute atomic E-state index is 12.8. The third-order valence-corrected chi connectivity index (χ3v) is 5.77. The van der Waals surface area contributed by atoms with E-state index in [4.69, 9.17) is 9.15 Å². The molecule has 3 aromatic rings. The lowest BCUT2D eigenvalue weighted by molar-refractivity contribution is -0.115. The summed E-state index contributed by atoms with van der Waals surface area (Å²) >= 11 is 0. The molecule has 2 N–H and O–H groups in total. The fraction of sp³-hybridized carbons (Fsp3) is 0.333. The monoisotopic (exact) mass is 422 g/mol. The van der Waals surface area contributed by atoms with Gasteiger partial charge in [0.1, 0.15) is 11.3 Å². The molecule has 0 unspecified atom stereocenters. The summed E-state index contributed by atoms with van der Waals surface area (Å²) in [5.41, 5.74) is 2.57. The molecule has 1 aromatic heterocycles. The minimum absolute atomic E-state index is 0.0535. The van der Waals surface area contributed by atoms with Gasteiger partial charge in [0.2, 0.25) is 5.91 Å². The second-order valence-corrected chi connectivity index (χ2v) is 7.85. The van der Waals surface area contributed by atoms with E-state index in [0.29, 0.717) is 35.7 Å². The van der Waals surface area contributed by atoms with Crippen molar-refractivity contribution in [2.24, 2.45) is 5.92 Å². The topological polar surface area (TPSA) is 92.0 Å². The lowest BCUT2D eigenvalue weighted by Gasteiger charge is -2.31. The maximum Gasteiger partial charge on any atom is 0.253 e. The lowest BCUT2D eigenvalue weighted by Crippen LogP contribution is -2.39. The number of aliphatic hydroxyl groups excluding tert-OH is 1. The minimum atomic E-state index is -0.188. The lowest BCUT2D eigenvalue weighted by atomic mass is 9.97. The molecule has 2 aromatic carbocycles. The number of carbonyl (C=O) groups is 2. The second-order valence-electron chi connectivity index (χ2n) is 7.85. The maximum atomic E-state index is 12.8. The van der Waals surface area contributed by atoms with E-state index in [1.807, 2.05) is 12.1 Å². The number of carbonyl (C=O) groups excluding carboxylic acids is 2. The van der Waals surface area contributed by atoms with Crippen molar-refractivity contribution in [3.05, 3.63) is 59.9 Å². The van der Waals surface area contributed by atoms with Crippen molar-refractivity contribution in [2.75, 3.05) is 32.1 Å². The molecule has 4 rings (SSSR count). The number of amides is 2. The van der Waals surface area contributed by atoms with Crippen LogP contribution < -0.4 is 10.1 Å². The molecular formula is C24H26N2O5. The first kappa shape index (κ1) is 20.9. The number of nitrogens with one attached hydrogen (secondary N) is 1. The van der Waals surface area contributed by atoms with Crippen molar-refractivity contribution in [3.8, 4) is 5.75 Å². The molecule has 7 heteroatoms. The number of ether oxygens (including phenoxy) is 1. The predicted octanol–water partition coefficient (Wildman–Crippen LogP) is 3.47. The van der Waals surface area contributed by atoms with E-state index < -0.39 is 0 Å². The molecule has 1 aliphatic heterocycles. The molecule has 7 nitrogen and oxygen atoms in total. The Morgan fingerprint density at radius 2 is 2.00 bits per heavy atom. The van der Waals surface area contributed by atoms with Crippen molar-refractivity contribution in [1.82, 2.24) is 4.90 Å². The molecule has 2 heterocycles. The van der Waals surface area contributed by atoms with E-state index in [0.717, 1.165) is 23.8 Å². The molecule has 0 radical (unpaired) electrons. The van der Waals surface area contributed by atoms with Crippen LogP contribution in [-0.4, -0.2) is 48.6 Å². The summed E-state index contributed by atoms with van der Waals surface area (Å²) in [7, 11) is 1.59. The molecule has 0 spiro atoms. The van der Waals surface area contributed by atoms with Crippen LogP contribution in [0.15, 0.2) is 53.1 Å². The third kappa shape index (κ3) is 4.72. The Morgan fingerprint density at radius 1 is 1.19 bits per heavy atom. The zero-order chi connectivity index (χ0) is 21.8. The number of benzene rings is 2. The molecule has 0 saturated carbocycles. The summed E-state index contributed by atoms with van der Waals surface area (Å²) in [6.45, 7) is 1.45. The number of likely N-dealkylation sites (tertiary alicyclic amines) is 1. The number of methoxy groups -OCH3 is 1. The van der Waals surface area contributed by atoms with Crippen molar-refractivity contribution < 1.29 is 23.8 Å². The second kappa shape index (κ2) is 9.22. The Bertz CT molecular complexity index is 1080. The number of rotatable bonds is 6. The van der Waals surface area contributed by atoms with Crippen LogP contribution in [0, 0.1) is 5.92 Å².